The summed E-state index contributed by atoms with van der Waals surface area (Å²) in [5, 5.41) is 12.1. The van der Waals surface area contributed by atoms with Gasteiger partial charge in [-0.15, -0.1) is 0 Å². The summed E-state index contributed by atoms with van der Waals surface area (Å²) in [4.78, 5) is 38.5. The summed E-state index contributed by atoms with van der Waals surface area (Å²) in [6.07, 6.45) is 1.02. The van der Waals surface area contributed by atoms with Gasteiger partial charge in [0, 0.05) is 31.5 Å². The molecule has 178 valence electrons. The van der Waals surface area contributed by atoms with Crippen molar-refractivity contribution in [1.29, 1.82) is 0 Å². The quantitative estimate of drug-likeness (QED) is 0.651. The molecular weight excluding hydrogens is 432 g/mol. The fraction of sp³-hybridized carbons (Fsp3) is 0.444. The molecule has 1 heterocycles. The van der Waals surface area contributed by atoms with Gasteiger partial charge in [-0.25, -0.2) is 4.79 Å². The normalized spacial score (nSPS) is 23.3. The molecule has 2 aromatic carbocycles. The number of carboxylic acids is 1. The van der Waals surface area contributed by atoms with Gasteiger partial charge in [0.2, 0.25) is 5.91 Å². The maximum atomic E-state index is 12.8. The van der Waals surface area contributed by atoms with Crippen LogP contribution in [0, 0.1) is 17.8 Å². The minimum Gasteiger partial charge on any atom is -0.481 e. The molecular formula is C27H30N2O5. The van der Waals surface area contributed by atoms with Crippen molar-refractivity contribution in [3.63, 3.8) is 0 Å². The topological polar surface area (TPSA) is 95.9 Å². The summed E-state index contributed by atoms with van der Waals surface area (Å²) < 4.78 is 5.62. The third kappa shape index (κ3) is 4.15. The number of rotatable bonds is 7. The van der Waals surface area contributed by atoms with Gasteiger partial charge >= 0.3 is 12.1 Å². The number of likely N-dealkylation sites (tertiary alicyclic amines) is 1. The highest BCUT2D eigenvalue weighted by Crippen LogP contribution is 2.51. The molecule has 2 N–H and O–H groups in total. The lowest BCUT2D eigenvalue weighted by molar-refractivity contribution is -0.139. The Morgan fingerprint density at radius 2 is 1.71 bits per heavy atom. The summed E-state index contributed by atoms with van der Waals surface area (Å²) >= 11 is 0. The zero-order chi connectivity index (χ0) is 23.8. The molecule has 2 aromatic rings. The van der Waals surface area contributed by atoms with E-state index in [2.05, 4.69) is 29.6 Å². The van der Waals surface area contributed by atoms with Crippen molar-refractivity contribution in [2.45, 2.75) is 38.1 Å². The van der Waals surface area contributed by atoms with E-state index >= 15 is 0 Å². The van der Waals surface area contributed by atoms with Gasteiger partial charge in [-0.05, 0) is 46.9 Å². The Morgan fingerprint density at radius 3 is 2.32 bits per heavy atom. The van der Waals surface area contributed by atoms with Crippen LogP contribution < -0.4 is 5.32 Å². The fourth-order valence-corrected chi connectivity index (χ4v) is 5.78. The van der Waals surface area contributed by atoms with Gasteiger partial charge in [0.15, 0.2) is 0 Å². The first-order chi connectivity index (χ1) is 16.5. The molecule has 1 aliphatic heterocycles. The van der Waals surface area contributed by atoms with E-state index < -0.39 is 12.1 Å². The van der Waals surface area contributed by atoms with Crippen LogP contribution in [0.25, 0.3) is 11.1 Å². The first-order valence-corrected chi connectivity index (χ1v) is 12.1. The van der Waals surface area contributed by atoms with E-state index in [0.29, 0.717) is 19.5 Å². The van der Waals surface area contributed by atoms with E-state index in [1.54, 1.807) is 4.90 Å². The average molecular weight is 463 g/mol. The first kappa shape index (κ1) is 22.4. The highest BCUT2D eigenvalue weighted by atomic mass is 16.5. The van der Waals surface area contributed by atoms with Gasteiger partial charge in [-0.3, -0.25) is 9.59 Å². The van der Waals surface area contributed by atoms with E-state index in [4.69, 9.17) is 4.74 Å². The van der Waals surface area contributed by atoms with Crippen LogP contribution in [-0.4, -0.2) is 53.7 Å². The summed E-state index contributed by atoms with van der Waals surface area (Å²) in [7, 11) is 0. The second-order valence-corrected chi connectivity index (χ2v) is 9.60. The van der Waals surface area contributed by atoms with E-state index in [9.17, 15) is 19.5 Å². The number of benzene rings is 2. The number of hydrogen-bond acceptors (Lipinski definition) is 4. The fourth-order valence-electron chi connectivity index (χ4n) is 5.78. The van der Waals surface area contributed by atoms with Crippen molar-refractivity contribution in [2.24, 2.45) is 17.8 Å². The number of nitrogens with zero attached hydrogens (tertiary/aromatic N) is 1. The molecule has 34 heavy (non-hydrogen) atoms. The number of amides is 2. The number of carboxylic acid groups (broad SMARTS) is 1. The van der Waals surface area contributed by atoms with Gasteiger partial charge in [0.25, 0.3) is 0 Å². The SMILES string of the molecule is CC[C@H](CC(=O)N1CCC2C(C1)C2C(=O)O)NC(=O)OCC1c2ccccc2-c2ccccc21. The van der Waals surface area contributed by atoms with Gasteiger partial charge in [0.1, 0.15) is 6.61 Å². The Kier molecular flexibility index (Phi) is 6.02. The van der Waals surface area contributed by atoms with Crippen molar-refractivity contribution in [1.82, 2.24) is 10.2 Å². The molecule has 0 radical (unpaired) electrons. The molecule has 0 aromatic heterocycles. The molecule has 7 nitrogen and oxygen atoms in total. The van der Waals surface area contributed by atoms with Gasteiger partial charge < -0.3 is 20.1 Å². The Bertz CT molecular complexity index is 1070. The molecule has 0 bridgehead atoms. The van der Waals surface area contributed by atoms with Crippen LogP contribution in [0.4, 0.5) is 4.79 Å². The van der Waals surface area contributed by atoms with E-state index in [0.717, 1.165) is 17.5 Å². The monoisotopic (exact) mass is 462 g/mol. The minimum absolute atomic E-state index is 0.0122. The lowest BCUT2D eigenvalue weighted by atomic mass is 9.98. The zero-order valence-corrected chi connectivity index (χ0v) is 19.3. The molecule has 1 saturated carbocycles. The van der Waals surface area contributed by atoms with Crippen LogP contribution in [0.1, 0.15) is 43.2 Å². The second kappa shape index (κ2) is 9.12. The minimum atomic E-state index is -0.757. The summed E-state index contributed by atoms with van der Waals surface area (Å²) in [6, 6.07) is 16.0. The highest BCUT2D eigenvalue weighted by Gasteiger charge is 2.57. The van der Waals surface area contributed by atoms with Gasteiger partial charge in [0.05, 0.1) is 5.92 Å². The lowest BCUT2D eigenvalue weighted by Crippen LogP contribution is -2.43. The predicted octanol–water partition coefficient (Wildman–Crippen LogP) is 3.87. The number of piperidine rings is 1. The number of fused-ring (bicyclic) bond motifs is 4. The van der Waals surface area contributed by atoms with Crippen LogP contribution in [0.5, 0.6) is 0 Å². The molecule has 2 fully saturated rings. The molecule has 0 spiro atoms. The summed E-state index contributed by atoms with van der Waals surface area (Å²) in [5.41, 5.74) is 4.66. The number of carbonyl (C=O) groups is 3. The third-order valence-corrected chi connectivity index (χ3v) is 7.71. The van der Waals surface area contributed by atoms with Gasteiger partial charge in [-0.1, -0.05) is 55.5 Å². The van der Waals surface area contributed by atoms with Crippen LogP contribution in [0.15, 0.2) is 48.5 Å². The molecule has 2 amide bonds. The van der Waals surface area contributed by atoms with E-state index in [1.165, 1.54) is 11.1 Å². The molecule has 7 heteroatoms. The van der Waals surface area contributed by atoms with Crippen LogP contribution in [0.3, 0.4) is 0 Å². The number of carbonyl (C=O) groups excluding carboxylic acids is 2. The number of hydrogen-bond donors (Lipinski definition) is 2. The van der Waals surface area contributed by atoms with Crippen LogP contribution in [-0.2, 0) is 14.3 Å². The summed E-state index contributed by atoms with van der Waals surface area (Å²) in [6.45, 7) is 3.25. The van der Waals surface area contributed by atoms with Crippen LogP contribution >= 0.6 is 0 Å². The Balaban J connectivity index is 1.15. The van der Waals surface area contributed by atoms with Crippen LogP contribution in [0.2, 0.25) is 0 Å². The Hall–Kier alpha value is -3.35. The highest BCUT2D eigenvalue weighted by molar-refractivity contribution is 5.80. The third-order valence-electron chi connectivity index (χ3n) is 7.71. The maximum absolute atomic E-state index is 12.8. The van der Waals surface area contributed by atoms with Crippen molar-refractivity contribution >= 4 is 18.0 Å². The van der Waals surface area contributed by atoms with E-state index in [-0.39, 0.29) is 48.6 Å². The molecule has 3 unspecified atom stereocenters. The Labute approximate surface area is 199 Å². The van der Waals surface area contributed by atoms with Crippen molar-refractivity contribution in [3.8, 4) is 11.1 Å². The number of nitrogens with one attached hydrogen (secondary N) is 1. The summed E-state index contributed by atoms with van der Waals surface area (Å²) in [5.74, 6) is -0.832. The smallest absolute Gasteiger partial charge is 0.407 e. The maximum Gasteiger partial charge on any atom is 0.407 e. The molecule has 4 atom stereocenters. The molecule has 1 saturated heterocycles. The number of alkyl carbamates (subject to hydrolysis) is 1. The molecule has 5 rings (SSSR count). The number of ether oxygens (including phenoxy) is 1. The van der Waals surface area contributed by atoms with Gasteiger partial charge in [-0.2, -0.15) is 0 Å². The lowest BCUT2D eigenvalue weighted by Gasteiger charge is -2.28. The molecule has 3 aliphatic rings. The molecule has 2 aliphatic carbocycles. The second-order valence-electron chi connectivity index (χ2n) is 9.60. The average Bonchev–Trinajstić information content (AvgIpc) is 3.49. The van der Waals surface area contributed by atoms with Crippen molar-refractivity contribution < 1.29 is 24.2 Å². The first-order valence-electron chi connectivity index (χ1n) is 12.1. The predicted molar refractivity (Wildman–Crippen MR) is 126 cm³/mol. The number of aliphatic carboxylic acids is 1. The Morgan fingerprint density at radius 1 is 1.06 bits per heavy atom. The van der Waals surface area contributed by atoms with E-state index in [1.807, 2.05) is 31.2 Å². The van der Waals surface area contributed by atoms with Crippen molar-refractivity contribution in [2.75, 3.05) is 19.7 Å². The van der Waals surface area contributed by atoms with Crippen molar-refractivity contribution in [3.05, 3.63) is 59.7 Å². The zero-order valence-electron chi connectivity index (χ0n) is 19.3. The largest absolute Gasteiger partial charge is 0.481 e. The standard InChI is InChI=1S/C27H30N2O5/c1-2-16(13-24(30)29-12-11-21-22(14-29)25(21)26(31)32)28-27(33)34-15-23-19-9-5-3-7-17(19)18-8-4-6-10-20(18)23/h3-10,16,21-23,25H,2,11-15H2,1H3,(H,28,33)(H,31,32)/t16-,21?,22?,25?/m1/s1.